The summed E-state index contributed by atoms with van der Waals surface area (Å²) < 4.78 is 5.57. The molecule has 1 aromatic carbocycles. The summed E-state index contributed by atoms with van der Waals surface area (Å²) in [6, 6.07) is 11.7. The van der Waals surface area contributed by atoms with Gasteiger partial charge < -0.3 is 10.1 Å². The van der Waals surface area contributed by atoms with Crippen molar-refractivity contribution in [1.82, 2.24) is 10.3 Å². The lowest BCUT2D eigenvalue weighted by Crippen LogP contribution is -2.22. The lowest BCUT2D eigenvalue weighted by Gasteiger charge is -2.08. The van der Waals surface area contributed by atoms with Crippen molar-refractivity contribution in [3.63, 3.8) is 0 Å². The van der Waals surface area contributed by atoms with E-state index in [2.05, 4.69) is 21.7 Å². The van der Waals surface area contributed by atoms with E-state index in [1.807, 2.05) is 51.1 Å². The Morgan fingerprint density at radius 1 is 1.19 bits per heavy atom. The third-order valence-corrected chi connectivity index (χ3v) is 5.64. The number of thiophene rings is 1. The fraction of sp³-hybridized carbons (Fsp3) is 0.300. The van der Waals surface area contributed by atoms with E-state index in [9.17, 15) is 4.79 Å². The Balaban J connectivity index is 1.54. The number of rotatable bonds is 7. The lowest BCUT2D eigenvalue weighted by atomic mass is 10.1. The van der Waals surface area contributed by atoms with Crippen molar-refractivity contribution in [3.8, 4) is 10.6 Å². The van der Waals surface area contributed by atoms with Gasteiger partial charge in [0, 0.05) is 15.8 Å². The highest BCUT2D eigenvalue weighted by atomic mass is 32.1. The van der Waals surface area contributed by atoms with Gasteiger partial charge in [0.05, 0.1) is 34.8 Å². The summed E-state index contributed by atoms with van der Waals surface area (Å²) in [6.07, 6.45) is 0.196. The van der Waals surface area contributed by atoms with E-state index in [-0.39, 0.29) is 12.0 Å². The highest BCUT2D eigenvalue weighted by Gasteiger charge is 2.09. The van der Waals surface area contributed by atoms with E-state index in [0.29, 0.717) is 18.7 Å². The zero-order valence-corrected chi connectivity index (χ0v) is 16.7. The minimum absolute atomic E-state index is 0.0687. The molecule has 0 saturated heterocycles. The fourth-order valence-corrected chi connectivity index (χ4v) is 3.97. The maximum Gasteiger partial charge on any atom is 0.251 e. The van der Waals surface area contributed by atoms with Gasteiger partial charge in [-0.1, -0.05) is 12.1 Å². The van der Waals surface area contributed by atoms with Crippen molar-refractivity contribution in [1.29, 1.82) is 0 Å². The van der Waals surface area contributed by atoms with Gasteiger partial charge in [-0.05, 0) is 50.6 Å². The second kappa shape index (κ2) is 8.58. The summed E-state index contributed by atoms with van der Waals surface area (Å²) in [4.78, 5) is 19.1. The van der Waals surface area contributed by atoms with Gasteiger partial charge in [-0.25, -0.2) is 4.98 Å². The van der Waals surface area contributed by atoms with Crippen LogP contribution in [-0.2, 0) is 17.9 Å². The maximum atomic E-state index is 12.3. The number of nitrogens with zero attached hydrogens (tertiary/aromatic N) is 1. The van der Waals surface area contributed by atoms with Crippen LogP contribution in [0.3, 0.4) is 0 Å². The predicted molar refractivity (Wildman–Crippen MR) is 108 cm³/mol. The van der Waals surface area contributed by atoms with Crippen molar-refractivity contribution in [2.75, 3.05) is 0 Å². The van der Waals surface area contributed by atoms with Gasteiger partial charge in [0.1, 0.15) is 0 Å². The van der Waals surface area contributed by atoms with E-state index in [1.165, 1.54) is 0 Å². The van der Waals surface area contributed by atoms with Gasteiger partial charge in [0.15, 0.2) is 0 Å². The molecule has 3 rings (SSSR count). The average molecular weight is 387 g/mol. The maximum absolute atomic E-state index is 12.3. The molecule has 6 heteroatoms. The number of aromatic nitrogens is 1. The standard InChI is InChI=1S/C20H22N2O2S2/c1-13(2)24-11-15-4-6-16(7-5-15)20(23)21-10-17-8-9-19(26-17)18-12-25-14(3)22-18/h4-9,12-13H,10-11H2,1-3H3,(H,21,23). The van der Waals surface area contributed by atoms with E-state index in [0.717, 1.165) is 26.0 Å². The molecule has 2 heterocycles. The summed E-state index contributed by atoms with van der Waals surface area (Å²) in [5.41, 5.74) is 2.73. The molecule has 0 radical (unpaired) electrons. The number of carbonyl (C=O) groups excluding carboxylic acids is 1. The highest BCUT2D eigenvalue weighted by Crippen LogP contribution is 2.28. The predicted octanol–water partition coefficient (Wildman–Crippen LogP) is 5.04. The van der Waals surface area contributed by atoms with E-state index in [1.54, 1.807) is 22.7 Å². The van der Waals surface area contributed by atoms with Crippen LogP contribution in [-0.4, -0.2) is 17.0 Å². The molecule has 26 heavy (non-hydrogen) atoms. The van der Waals surface area contributed by atoms with E-state index >= 15 is 0 Å². The van der Waals surface area contributed by atoms with Gasteiger partial charge in [-0.3, -0.25) is 4.79 Å². The van der Waals surface area contributed by atoms with Crippen molar-refractivity contribution < 1.29 is 9.53 Å². The molecule has 1 N–H and O–H groups in total. The van der Waals surface area contributed by atoms with Gasteiger partial charge >= 0.3 is 0 Å². The van der Waals surface area contributed by atoms with E-state index < -0.39 is 0 Å². The summed E-state index contributed by atoms with van der Waals surface area (Å²) in [5.74, 6) is -0.0687. The minimum atomic E-state index is -0.0687. The molecule has 3 aromatic rings. The van der Waals surface area contributed by atoms with Crippen molar-refractivity contribution in [3.05, 3.63) is 62.8 Å². The highest BCUT2D eigenvalue weighted by molar-refractivity contribution is 7.16. The zero-order chi connectivity index (χ0) is 18.5. The zero-order valence-electron chi connectivity index (χ0n) is 15.1. The first-order chi connectivity index (χ1) is 12.5. The Kier molecular flexibility index (Phi) is 6.19. The fourth-order valence-electron chi connectivity index (χ4n) is 2.37. The van der Waals surface area contributed by atoms with Gasteiger partial charge in [0.2, 0.25) is 0 Å². The van der Waals surface area contributed by atoms with Crippen LogP contribution in [0.5, 0.6) is 0 Å². The van der Waals surface area contributed by atoms with Crippen LogP contribution in [0.1, 0.15) is 39.7 Å². The van der Waals surface area contributed by atoms with Crippen LogP contribution >= 0.6 is 22.7 Å². The Labute approximate surface area is 161 Å². The van der Waals surface area contributed by atoms with Crippen LogP contribution in [0.2, 0.25) is 0 Å². The first-order valence-corrected chi connectivity index (χ1v) is 10.2. The molecule has 0 fully saturated rings. The quantitative estimate of drug-likeness (QED) is 0.619. The average Bonchev–Trinajstić information content (AvgIpc) is 3.27. The number of hydrogen-bond donors (Lipinski definition) is 1. The number of carbonyl (C=O) groups is 1. The molecule has 0 saturated carbocycles. The van der Waals surface area contributed by atoms with Crippen LogP contribution in [0.4, 0.5) is 0 Å². The Morgan fingerprint density at radius 2 is 1.96 bits per heavy atom. The lowest BCUT2D eigenvalue weighted by molar-refractivity contribution is 0.0657. The molecule has 0 aliphatic rings. The number of amides is 1. The molecule has 0 aliphatic carbocycles. The van der Waals surface area contributed by atoms with Crippen LogP contribution in [0, 0.1) is 6.92 Å². The second-order valence-electron chi connectivity index (χ2n) is 6.26. The van der Waals surface area contributed by atoms with Crippen molar-refractivity contribution >= 4 is 28.6 Å². The van der Waals surface area contributed by atoms with Crippen LogP contribution in [0.25, 0.3) is 10.6 Å². The molecule has 0 aliphatic heterocycles. The molecule has 0 atom stereocenters. The molecule has 1 amide bonds. The first-order valence-electron chi connectivity index (χ1n) is 8.51. The number of hydrogen-bond acceptors (Lipinski definition) is 5. The van der Waals surface area contributed by atoms with Crippen molar-refractivity contribution in [2.24, 2.45) is 0 Å². The number of aryl methyl sites for hydroxylation is 1. The molecule has 136 valence electrons. The largest absolute Gasteiger partial charge is 0.374 e. The molecule has 0 unspecified atom stereocenters. The monoisotopic (exact) mass is 386 g/mol. The van der Waals surface area contributed by atoms with Crippen LogP contribution < -0.4 is 5.32 Å². The third-order valence-electron chi connectivity index (χ3n) is 3.76. The van der Waals surface area contributed by atoms with Gasteiger partial charge in [-0.2, -0.15) is 0 Å². The molecule has 0 bridgehead atoms. The summed E-state index contributed by atoms with van der Waals surface area (Å²) >= 11 is 3.31. The molecule has 0 spiro atoms. The minimum Gasteiger partial charge on any atom is -0.374 e. The summed E-state index contributed by atoms with van der Waals surface area (Å²) in [5, 5.41) is 6.10. The molecule has 4 nitrogen and oxygen atoms in total. The number of benzene rings is 1. The van der Waals surface area contributed by atoms with Gasteiger partial charge in [0.25, 0.3) is 5.91 Å². The van der Waals surface area contributed by atoms with Crippen LogP contribution in [0.15, 0.2) is 41.8 Å². The topological polar surface area (TPSA) is 51.2 Å². The Morgan fingerprint density at radius 3 is 2.62 bits per heavy atom. The number of ether oxygens (including phenoxy) is 1. The summed E-state index contributed by atoms with van der Waals surface area (Å²) in [7, 11) is 0. The van der Waals surface area contributed by atoms with Gasteiger partial charge in [-0.15, -0.1) is 22.7 Å². The molecular formula is C20H22N2O2S2. The smallest absolute Gasteiger partial charge is 0.251 e. The summed E-state index contributed by atoms with van der Waals surface area (Å²) in [6.45, 7) is 7.10. The van der Waals surface area contributed by atoms with E-state index in [4.69, 9.17) is 4.74 Å². The normalized spacial score (nSPS) is 11.1. The Bertz CT molecular complexity index is 866. The Hall–Kier alpha value is -2.02. The third kappa shape index (κ3) is 5.00. The second-order valence-corrected chi connectivity index (χ2v) is 8.49. The molecular weight excluding hydrogens is 364 g/mol. The first kappa shape index (κ1) is 18.8. The van der Waals surface area contributed by atoms with Crippen molar-refractivity contribution in [2.45, 2.75) is 40.0 Å². The molecule has 2 aromatic heterocycles. The number of thiazole rings is 1. The number of nitrogens with one attached hydrogen (secondary N) is 1. The SMILES string of the molecule is Cc1nc(-c2ccc(CNC(=O)c3ccc(COC(C)C)cc3)s2)cs1.